The molecule has 1 aliphatic rings. The minimum absolute atomic E-state index is 0.0866. The minimum Gasteiger partial charge on any atom is -0.494 e. The first-order chi connectivity index (χ1) is 21.0. The largest absolute Gasteiger partial charge is 0.494 e. The standard InChI is InChI=1S/C31H37F4N7O2/c1-19(2)40-12-6-13-41(16-15-40)21-9-10-24(26(17-21)44-4)38-30-36-18-23(31(33,34)35)28(39-30)37-25-8-5-7-22-20(3)42(14-11-32)29(43)27(22)25/h5,7-10,17-19,43H,6,11-16H2,1-4H3,(H2,36,37,38,39). The molecule has 0 bridgehead atoms. The van der Waals surface area contributed by atoms with Crippen molar-refractivity contribution in [1.82, 2.24) is 19.4 Å². The molecule has 0 saturated carbocycles. The van der Waals surface area contributed by atoms with E-state index in [0.29, 0.717) is 34.8 Å². The van der Waals surface area contributed by atoms with Crippen LogP contribution in [0.1, 0.15) is 31.5 Å². The number of rotatable bonds is 9. The number of halogens is 4. The third kappa shape index (κ3) is 6.33. The third-order valence-electron chi connectivity index (χ3n) is 8.05. The number of ether oxygens (including phenoxy) is 1. The van der Waals surface area contributed by atoms with Gasteiger partial charge in [0.25, 0.3) is 0 Å². The number of benzene rings is 2. The minimum atomic E-state index is -4.76. The van der Waals surface area contributed by atoms with Crippen LogP contribution in [0.25, 0.3) is 10.8 Å². The first-order valence-corrected chi connectivity index (χ1v) is 14.5. The van der Waals surface area contributed by atoms with E-state index in [-0.39, 0.29) is 29.4 Å². The second kappa shape index (κ2) is 12.8. The molecule has 1 saturated heterocycles. The molecule has 0 aliphatic carbocycles. The summed E-state index contributed by atoms with van der Waals surface area (Å²) in [6.07, 6.45) is -3.03. The summed E-state index contributed by atoms with van der Waals surface area (Å²) < 4.78 is 62.3. The number of aromatic nitrogens is 3. The number of hydrogen-bond donors (Lipinski definition) is 3. The van der Waals surface area contributed by atoms with Crippen molar-refractivity contribution in [3.63, 3.8) is 0 Å². The molecular weight excluding hydrogens is 578 g/mol. The summed E-state index contributed by atoms with van der Waals surface area (Å²) >= 11 is 0. The van der Waals surface area contributed by atoms with E-state index in [2.05, 4.69) is 44.2 Å². The van der Waals surface area contributed by atoms with Gasteiger partial charge in [0.1, 0.15) is 23.8 Å². The Bertz CT molecular complexity index is 1620. The van der Waals surface area contributed by atoms with Gasteiger partial charge in [0.15, 0.2) is 0 Å². The van der Waals surface area contributed by atoms with Crippen LogP contribution in [-0.2, 0) is 12.7 Å². The molecule has 2 aromatic carbocycles. The van der Waals surface area contributed by atoms with Crippen LogP contribution in [0.5, 0.6) is 11.6 Å². The van der Waals surface area contributed by atoms with Crippen molar-refractivity contribution in [2.75, 3.05) is 55.5 Å². The van der Waals surface area contributed by atoms with Gasteiger partial charge >= 0.3 is 6.18 Å². The topological polar surface area (TPSA) is 90.7 Å². The zero-order valence-electron chi connectivity index (χ0n) is 25.2. The maximum atomic E-state index is 14.0. The van der Waals surface area contributed by atoms with E-state index in [1.54, 1.807) is 25.1 Å². The van der Waals surface area contributed by atoms with Gasteiger partial charge in [-0.25, -0.2) is 9.37 Å². The first kappa shape index (κ1) is 31.2. The van der Waals surface area contributed by atoms with Gasteiger partial charge in [-0.1, -0.05) is 12.1 Å². The van der Waals surface area contributed by atoms with Crippen LogP contribution >= 0.6 is 0 Å². The highest BCUT2D eigenvalue weighted by molar-refractivity contribution is 6.01. The fourth-order valence-electron chi connectivity index (χ4n) is 5.68. The Hall–Kier alpha value is -4.26. The SMILES string of the molecule is COc1cc(N2CCCN(C(C)C)CC2)ccc1Nc1ncc(C(F)(F)F)c(Nc2cccc3c(C)n(CCF)c(O)c23)n1. The van der Waals surface area contributed by atoms with E-state index in [1.165, 1.54) is 17.7 Å². The Labute approximate surface area is 253 Å². The normalized spacial score (nSPS) is 14.7. The second-order valence-electron chi connectivity index (χ2n) is 11.0. The molecule has 3 N–H and O–H groups in total. The van der Waals surface area contributed by atoms with Crippen molar-refractivity contribution in [3.05, 3.63) is 53.9 Å². The lowest BCUT2D eigenvalue weighted by atomic mass is 10.1. The molecule has 13 heteroatoms. The maximum Gasteiger partial charge on any atom is 0.421 e. The molecule has 0 amide bonds. The summed E-state index contributed by atoms with van der Waals surface area (Å²) in [7, 11) is 1.53. The van der Waals surface area contributed by atoms with E-state index in [0.717, 1.165) is 38.3 Å². The lowest BCUT2D eigenvalue weighted by molar-refractivity contribution is -0.137. The van der Waals surface area contributed by atoms with E-state index < -0.39 is 24.2 Å². The molecule has 4 aromatic rings. The monoisotopic (exact) mass is 615 g/mol. The van der Waals surface area contributed by atoms with Crippen LogP contribution in [0.4, 0.5) is 46.4 Å². The predicted octanol–water partition coefficient (Wildman–Crippen LogP) is 6.85. The number of anilines is 5. The van der Waals surface area contributed by atoms with E-state index in [9.17, 15) is 22.7 Å². The molecule has 9 nitrogen and oxygen atoms in total. The van der Waals surface area contributed by atoms with Crippen LogP contribution < -0.4 is 20.3 Å². The van der Waals surface area contributed by atoms with E-state index >= 15 is 0 Å². The predicted molar refractivity (Wildman–Crippen MR) is 164 cm³/mol. The molecule has 0 atom stereocenters. The summed E-state index contributed by atoms with van der Waals surface area (Å²) in [6, 6.07) is 11.0. The zero-order chi connectivity index (χ0) is 31.6. The summed E-state index contributed by atoms with van der Waals surface area (Å²) in [5.41, 5.74) is 1.16. The van der Waals surface area contributed by atoms with Gasteiger partial charge in [-0.05, 0) is 45.4 Å². The molecule has 5 rings (SSSR count). The van der Waals surface area contributed by atoms with Crippen molar-refractivity contribution in [3.8, 4) is 11.6 Å². The van der Waals surface area contributed by atoms with Gasteiger partial charge in [0.2, 0.25) is 11.8 Å². The van der Waals surface area contributed by atoms with Gasteiger partial charge < -0.3 is 29.9 Å². The molecule has 2 aromatic heterocycles. The van der Waals surface area contributed by atoms with Gasteiger partial charge in [0.05, 0.1) is 30.4 Å². The highest BCUT2D eigenvalue weighted by Crippen LogP contribution is 2.41. The number of aromatic hydroxyl groups is 1. The number of nitrogens with one attached hydrogen (secondary N) is 2. The number of alkyl halides is 4. The second-order valence-corrected chi connectivity index (χ2v) is 11.0. The van der Waals surface area contributed by atoms with Crippen molar-refractivity contribution in [2.24, 2.45) is 0 Å². The smallest absolute Gasteiger partial charge is 0.421 e. The fourth-order valence-corrected chi connectivity index (χ4v) is 5.68. The maximum absolute atomic E-state index is 14.0. The Morgan fingerprint density at radius 2 is 1.84 bits per heavy atom. The lowest BCUT2D eigenvalue weighted by Crippen LogP contribution is -2.35. The molecular formula is C31H37F4N7O2. The van der Waals surface area contributed by atoms with Crippen molar-refractivity contribution >= 4 is 39.6 Å². The Morgan fingerprint density at radius 1 is 1.05 bits per heavy atom. The fraction of sp³-hybridized carbons (Fsp3) is 0.419. The Kier molecular flexibility index (Phi) is 9.05. The molecule has 44 heavy (non-hydrogen) atoms. The van der Waals surface area contributed by atoms with Crippen molar-refractivity contribution < 1.29 is 27.4 Å². The van der Waals surface area contributed by atoms with Gasteiger partial charge in [-0.2, -0.15) is 18.2 Å². The lowest BCUT2D eigenvalue weighted by Gasteiger charge is -2.26. The quantitative estimate of drug-likeness (QED) is 0.176. The highest BCUT2D eigenvalue weighted by atomic mass is 19.4. The van der Waals surface area contributed by atoms with Crippen LogP contribution in [0.3, 0.4) is 0 Å². The van der Waals surface area contributed by atoms with Crippen molar-refractivity contribution in [2.45, 2.75) is 46.0 Å². The number of aryl methyl sites for hydroxylation is 1. The summed E-state index contributed by atoms with van der Waals surface area (Å²) in [5.74, 6) is -0.348. The van der Waals surface area contributed by atoms with Crippen LogP contribution in [0, 0.1) is 6.92 Å². The number of methoxy groups -OCH3 is 1. The van der Waals surface area contributed by atoms with Crippen LogP contribution in [0.2, 0.25) is 0 Å². The summed E-state index contributed by atoms with van der Waals surface area (Å²) in [5, 5.41) is 17.4. The molecule has 236 valence electrons. The van der Waals surface area contributed by atoms with Gasteiger partial charge in [-0.15, -0.1) is 0 Å². The molecule has 0 radical (unpaired) electrons. The van der Waals surface area contributed by atoms with E-state index in [4.69, 9.17) is 4.74 Å². The Balaban J connectivity index is 1.45. The summed E-state index contributed by atoms with van der Waals surface area (Å²) in [6.45, 7) is 9.04. The molecule has 1 aliphatic heterocycles. The first-order valence-electron chi connectivity index (χ1n) is 14.5. The average Bonchev–Trinajstić information content (AvgIpc) is 3.13. The van der Waals surface area contributed by atoms with Crippen LogP contribution in [-0.4, -0.2) is 70.5 Å². The van der Waals surface area contributed by atoms with Crippen LogP contribution in [0.15, 0.2) is 42.6 Å². The van der Waals surface area contributed by atoms with Gasteiger partial charge in [0, 0.05) is 61.3 Å². The number of fused-ring (bicyclic) bond motifs is 1. The Morgan fingerprint density at radius 3 is 2.55 bits per heavy atom. The number of hydrogen-bond acceptors (Lipinski definition) is 8. The number of nitrogens with zero attached hydrogens (tertiary/aromatic N) is 5. The third-order valence-corrected chi connectivity index (χ3v) is 8.05. The zero-order valence-corrected chi connectivity index (χ0v) is 25.2. The van der Waals surface area contributed by atoms with Crippen molar-refractivity contribution in [1.29, 1.82) is 0 Å². The summed E-state index contributed by atoms with van der Waals surface area (Å²) in [4.78, 5) is 12.9. The molecule has 0 spiro atoms. The average molecular weight is 616 g/mol. The molecule has 3 heterocycles. The highest BCUT2D eigenvalue weighted by Gasteiger charge is 2.36. The molecule has 0 unspecified atom stereocenters. The molecule has 1 fully saturated rings. The van der Waals surface area contributed by atoms with E-state index in [1.807, 2.05) is 12.1 Å². The van der Waals surface area contributed by atoms with Gasteiger partial charge in [-0.3, -0.25) is 4.90 Å².